The molecule has 0 bridgehead atoms. The standard InChI is InChI=1S/C13H27NO/c1-4-13(10-15-3)14-11(2)12-8-6-5-7-9-12/h11-14H,4-10H2,1-3H3/t11-,13+/m0/s1. The molecule has 0 saturated heterocycles. The fourth-order valence-electron chi connectivity index (χ4n) is 2.63. The Balaban J connectivity index is 2.28. The van der Waals surface area contributed by atoms with Crippen molar-refractivity contribution in [3.8, 4) is 0 Å². The maximum absolute atomic E-state index is 5.22. The summed E-state index contributed by atoms with van der Waals surface area (Å²) in [6, 6.07) is 1.19. The Labute approximate surface area is 94.8 Å². The van der Waals surface area contributed by atoms with Crippen LogP contribution in [0.3, 0.4) is 0 Å². The topological polar surface area (TPSA) is 21.3 Å². The highest BCUT2D eigenvalue weighted by Crippen LogP contribution is 2.26. The Kier molecular flexibility index (Phi) is 6.26. The minimum Gasteiger partial charge on any atom is -0.383 e. The molecule has 0 unspecified atom stereocenters. The van der Waals surface area contributed by atoms with Gasteiger partial charge >= 0.3 is 0 Å². The van der Waals surface area contributed by atoms with Gasteiger partial charge in [-0.1, -0.05) is 26.2 Å². The molecule has 1 N–H and O–H groups in total. The normalized spacial score (nSPS) is 22.6. The first-order valence-corrected chi connectivity index (χ1v) is 6.53. The van der Waals surface area contributed by atoms with E-state index in [2.05, 4.69) is 19.2 Å². The molecule has 0 heterocycles. The molecule has 0 aromatic heterocycles. The maximum Gasteiger partial charge on any atom is 0.0615 e. The quantitative estimate of drug-likeness (QED) is 0.732. The zero-order chi connectivity index (χ0) is 11.1. The lowest BCUT2D eigenvalue weighted by atomic mass is 9.84. The van der Waals surface area contributed by atoms with Gasteiger partial charge in [0, 0.05) is 19.2 Å². The van der Waals surface area contributed by atoms with Crippen molar-refractivity contribution in [2.45, 2.75) is 64.5 Å². The molecule has 2 atom stereocenters. The van der Waals surface area contributed by atoms with Gasteiger partial charge in [0.1, 0.15) is 0 Å². The molecule has 0 amide bonds. The van der Waals surface area contributed by atoms with Crippen LogP contribution in [0.1, 0.15) is 52.4 Å². The SMILES string of the molecule is CC[C@H](COC)N[C@@H](C)C1CCCCC1. The van der Waals surface area contributed by atoms with Crippen LogP contribution in [-0.2, 0) is 4.74 Å². The lowest BCUT2D eigenvalue weighted by Gasteiger charge is -2.31. The van der Waals surface area contributed by atoms with Crippen LogP contribution in [0, 0.1) is 5.92 Å². The van der Waals surface area contributed by atoms with Crippen molar-refractivity contribution in [3.05, 3.63) is 0 Å². The third-order valence-corrected chi connectivity index (χ3v) is 3.72. The van der Waals surface area contributed by atoms with E-state index in [0.717, 1.165) is 18.9 Å². The van der Waals surface area contributed by atoms with Gasteiger partial charge in [0.2, 0.25) is 0 Å². The number of ether oxygens (including phenoxy) is 1. The van der Waals surface area contributed by atoms with Crippen LogP contribution >= 0.6 is 0 Å². The Morgan fingerprint density at radius 2 is 1.93 bits per heavy atom. The second-order valence-electron chi connectivity index (χ2n) is 4.91. The van der Waals surface area contributed by atoms with Crippen molar-refractivity contribution in [1.29, 1.82) is 0 Å². The lowest BCUT2D eigenvalue weighted by Crippen LogP contribution is -2.43. The highest BCUT2D eigenvalue weighted by atomic mass is 16.5. The van der Waals surface area contributed by atoms with E-state index in [1.165, 1.54) is 32.1 Å². The van der Waals surface area contributed by atoms with E-state index in [1.54, 1.807) is 7.11 Å². The summed E-state index contributed by atoms with van der Waals surface area (Å²) in [7, 11) is 1.79. The average Bonchev–Trinajstić information content (AvgIpc) is 2.29. The Morgan fingerprint density at radius 1 is 1.27 bits per heavy atom. The molecule has 15 heavy (non-hydrogen) atoms. The van der Waals surface area contributed by atoms with Gasteiger partial charge in [-0.05, 0) is 32.1 Å². The summed E-state index contributed by atoms with van der Waals surface area (Å²) in [6.07, 6.45) is 8.29. The second kappa shape index (κ2) is 7.24. The van der Waals surface area contributed by atoms with Gasteiger partial charge in [-0.15, -0.1) is 0 Å². The maximum atomic E-state index is 5.22. The van der Waals surface area contributed by atoms with E-state index in [0.29, 0.717) is 12.1 Å². The Hall–Kier alpha value is -0.0800. The molecule has 0 radical (unpaired) electrons. The summed E-state index contributed by atoms with van der Waals surface area (Å²) in [4.78, 5) is 0. The average molecular weight is 213 g/mol. The van der Waals surface area contributed by atoms with E-state index >= 15 is 0 Å². The number of rotatable bonds is 6. The van der Waals surface area contributed by atoms with Gasteiger partial charge in [-0.3, -0.25) is 0 Å². The van der Waals surface area contributed by atoms with E-state index in [-0.39, 0.29) is 0 Å². The molecule has 1 fully saturated rings. The fraction of sp³-hybridized carbons (Fsp3) is 1.00. The van der Waals surface area contributed by atoms with Crippen LogP contribution in [0.2, 0.25) is 0 Å². The third-order valence-electron chi connectivity index (χ3n) is 3.72. The van der Waals surface area contributed by atoms with Crippen LogP contribution in [0.5, 0.6) is 0 Å². The van der Waals surface area contributed by atoms with Crippen molar-refractivity contribution >= 4 is 0 Å². The molecule has 2 heteroatoms. The Morgan fingerprint density at radius 3 is 2.47 bits per heavy atom. The fourth-order valence-corrected chi connectivity index (χ4v) is 2.63. The molecule has 1 rings (SSSR count). The molecule has 0 spiro atoms. The summed E-state index contributed by atoms with van der Waals surface area (Å²) >= 11 is 0. The molecule has 90 valence electrons. The zero-order valence-electron chi connectivity index (χ0n) is 10.6. The summed E-state index contributed by atoms with van der Waals surface area (Å²) in [5.41, 5.74) is 0. The first kappa shape index (κ1) is 13.0. The second-order valence-corrected chi connectivity index (χ2v) is 4.91. The summed E-state index contributed by atoms with van der Waals surface area (Å²) in [6.45, 7) is 5.41. The molecule has 0 aromatic rings. The third kappa shape index (κ3) is 4.52. The minimum atomic E-state index is 0.534. The molecule has 2 nitrogen and oxygen atoms in total. The smallest absolute Gasteiger partial charge is 0.0615 e. The van der Waals surface area contributed by atoms with E-state index in [4.69, 9.17) is 4.74 Å². The lowest BCUT2D eigenvalue weighted by molar-refractivity contribution is 0.148. The van der Waals surface area contributed by atoms with Crippen LogP contribution in [0.25, 0.3) is 0 Å². The predicted molar refractivity (Wildman–Crippen MR) is 65.1 cm³/mol. The van der Waals surface area contributed by atoms with Crippen LogP contribution < -0.4 is 5.32 Å². The number of hydrogen-bond donors (Lipinski definition) is 1. The van der Waals surface area contributed by atoms with Crippen molar-refractivity contribution in [2.75, 3.05) is 13.7 Å². The van der Waals surface area contributed by atoms with Crippen LogP contribution in [0.4, 0.5) is 0 Å². The van der Waals surface area contributed by atoms with Gasteiger partial charge in [0.05, 0.1) is 6.61 Å². The molecule has 1 aliphatic rings. The first-order valence-electron chi connectivity index (χ1n) is 6.53. The number of methoxy groups -OCH3 is 1. The predicted octanol–water partition coefficient (Wildman–Crippen LogP) is 2.97. The van der Waals surface area contributed by atoms with Crippen LogP contribution in [-0.4, -0.2) is 25.8 Å². The molecule has 0 aliphatic heterocycles. The van der Waals surface area contributed by atoms with E-state index in [1.807, 2.05) is 0 Å². The highest BCUT2D eigenvalue weighted by molar-refractivity contribution is 4.79. The van der Waals surface area contributed by atoms with E-state index in [9.17, 15) is 0 Å². The van der Waals surface area contributed by atoms with Crippen LogP contribution in [0.15, 0.2) is 0 Å². The van der Waals surface area contributed by atoms with Crippen molar-refractivity contribution in [2.24, 2.45) is 5.92 Å². The molecular formula is C13H27NO. The van der Waals surface area contributed by atoms with Crippen molar-refractivity contribution in [1.82, 2.24) is 5.32 Å². The molecule has 0 aromatic carbocycles. The first-order chi connectivity index (χ1) is 7.27. The number of nitrogens with one attached hydrogen (secondary N) is 1. The van der Waals surface area contributed by atoms with Crippen molar-refractivity contribution in [3.63, 3.8) is 0 Å². The van der Waals surface area contributed by atoms with Gasteiger partial charge in [0.15, 0.2) is 0 Å². The van der Waals surface area contributed by atoms with E-state index < -0.39 is 0 Å². The van der Waals surface area contributed by atoms with Gasteiger partial charge < -0.3 is 10.1 Å². The minimum absolute atomic E-state index is 0.534. The molecule has 1 aliphatic carbocycles. The van der Waals surface area contributed by atoms with Gasteiger partial charge in [-0.2, -0.15) is 0 Å². The number of hydrogen-bond acceptors (Lipinski definition) is 2. The van der Waals surface area contributed by atoms with Gasteiger partial charge in [-0.25, -0.2) is 0 Å². The summed E-state index contributed by atoms with van der Waals surface area (Å²) in [5, 5.41) is 3.71. The summed E-state index contributed by atoms with van der Waals surface area (Å²) < 4.78 is 5.22. The van der Waals surface area contributed by atoms with Gasteiger partial charge in [0.25, 0.3) is 0 Å². The highest BCUT2D eigenvalue weighted by Gasteiger charge is 2.21. The summed E-state index contributed by atoms with van der Waals surface area (Å²) in [5.74, 6) is 0.893. The zero-order valence-corrected chi connectivity index (χ0v) is 10.6. The largest absolute Gasteiger partial charge is 0.383 e. The van der Waals surface area contributed by atoms with Crippen molar-refractivity contribution < 1.29 is 4.74 Å². The molecule has 1 saturated carbocycles. The Bertz CT molecular complexity index is 155. The monoisotopic (exact) mass is 213 g/mol. The molecular weight excluding hydrogens is 186 g/mol.